The third-order valence-corrected chi connectivity index (χ3v) is 5.83. The number of aromatic amines is 1. The van der Waals surface area contributed by atoms with Crippen molar-refractivity contribution in [1.82, 2.24) is 19.9 Å². The molecule has 5 nitrogen and oxygen atoms in total. The van der Waals surface area contributed by atoms with Gasteiger partial charge in [0, 0.05) is 31.4 Å². The van der Waals surface area contributed by atoms with Crippen molar-refractivity contribution in [2.24, 2.45) is 11.8 Å². The van der Waals surface area contributed by atoms with E-state index in [1.165, 1.54) is 19.4 Å². The van der Waals surface area contributed by atoms with Crippen molar-refractivity contribution in [3.8, 4) is 0 Å². The van der Waals surface area contributed by atoms with Gasteiger partial charge >= 0.3 is 0 Å². The molecule has 4 rings (SSSR count). The molecule has 22 heavy (non-hydrogen) atoms. The Bertz CT molecular complexity index is 676. The summed E-state index contributed by atoms with van der Waals surface area (Å²) in [4.78, 5) is 17.1. The van der Waals surface area contributed by atoms with Gasteiger partial charge in [-0.05, 0) is 51.6 Å². The van der Waals surface area contributed by atoms with Gasteiger partial charge in [-0.2, -0.15) is 0 Å². The number of aromatic nitrogens is 3. The first-order valence-electron chi connectivity index (χ1n) is 8.29. The molecule has 2 unspecified atom stereocenters. The molecule has 0 spiro atoms. The first-order chi connectivity index (χ1) is 10.5. The average molecular weight is 299 g/mol. The van der Waals surface area contributed by atoms with Crippen LogP contribution in [0.5, 0.6) is 0 Å². The van der Waals surface area contributed by atoms with Crippen molar-refractivity contribution in [2.75, 3.05) is 31.6 Å². The molecular weight excluding hydrogens is 274 g/mol. The summed E-state index contributed by atoms with van der Waals surface area (Å²) < 4.78 is 0. The molecule has 0 aromatic carbocycles. The van der Waals surface area contributed by atoms with Crippen LogP contribution in [0.15, 0.2) is 18.6 Å². The van der Waals surface area contributed by atoms with Gasteiger partial charge in [0.2, 0.25) is 0 Å². The minimum Gasteiger partial charge on any atom is -0.356 e. The fraction of sp³-hybridized carbons (Fsp3) is 0.647. The number of nitrogens with zero attached hydrogens (tertiary/aromatic N) is 4. The molecule has 2 atom stereocenters. The van der Waals surface area contributed by atoms with Crippen LogP contribution in [0, 0.1) is 11.8 Å². The van der Waals surface area contributed by atoms with Crippen LogP contribution in [0.25, 0.3) is 11.0 Å². The maximum absolute atomic E-state index is 4.57. The molecule has 0 aliphatic carbocycles. The summed E-state index contributed by atoms with van der Waals surface area (Å²) in [5.41, 5.74) is 1.28. The predicted octanol–water partition coefficient (Wildman–Crippen LogP) is 2.51. The first-order valence-corrected chi connectivity index (χ1v) is 8.29. The van der Waals surface area contributed by atoms with Crippen LogP contribution in [-0.4, -0.2) is 52.1 Å². The Morgan fingerprint density at radius 2 is 2.09 bits per heavy atom. The van der Waals surface area contributed by atoms with E-state index < -0.39 is 0 Å². The molecule has 2 fully saturated rings. The molecule has 2 aromatic heterocycles. The molecule has 118 valence electrons. The van der Waals surface area contributed by atoms with E-state index >= 15 is 0 Å². The molecular formula is C17H25N5. The van der Waals surface area contributed by atoms with Crippen molar-refractivity contribution >= 4 is 16.9 Å². The van der Waals surface area contributed by atoms with E-state index in [2.05, 4.69) is 51.7 Å². The van der Waals surface area contributed by atoms with E-state index in [1.54, 1.807) is 6.33 Å². The second kappa shape index (κ2) is 4.95. The second-order valence-corrected chi connectivity index (χ2v) is 7.59. The molecule has 5 heteroatoms. The van der Waals surface area contributed by atoms with Crippen molar-refractivity contribution < 1.29 is 0 Å². The van der Waals surface area contributed by atoms with E-state index in [0.717, 1.165) is 41.8 Å². The molecule has 2 saturated heterocycles. The van der Waals surface area contributed by atoms with Gasteiger partial charge in [0.1, 0.15) is 17.8 Å². The number of anilines is 1. The van der Waals surface area contributed by atoms with E-state index in [9.17, 15) is 0 Å². The number of nitrogens with one attached hydrogen (secondary N) is 1. The zero-order chi connectivity index (χ0) is 15.3. The first kappa shape index (κ1) is 14.0. The number of rotatable bonds is 1. The number of fused-ring (bicyclic) bond motifs is 2. The van der Waals surface area contributed by atoms with E-state index in [1.807, 2.05) is 6.20 Å². The van der Waals surface area contributed by atoms with Gasteiger partial charge in [-0.1, -0.05) is 0 Å². The van der Waals surface area contributed by atoms with Gasteiger partial charge in [-0.25, -0.2) is 9.97 Å². The van der Waals surface area contributed by atoms with E-state index in [-0.39, 0.29) is 0 Å². The quantitative estimate of drug-likeness (QED) is 0.879. The molecule has 0 saturated carbocycles. The molecule has 2 aromatic rings. The molecule has 4 heterocycles. The molecule has 0 radical (unpaired) electrons. The highest BCUT2D eigenvalue weighted by molar-refractivity contribution is 5.87. The monoisotopic (exact) mass is 299 g/mol. The summed E-state index contributed by atoms with van der Waals surface area (Å²) in [5.74, 6) is 2.69. The van der Waals surface area contributed by atoms with Crippen LogP contribution in [-0.2, 0) is 0 Å². The normalized spacial score (nSPS) is 28.8. The van der Waals surface area contributed by atoms with Crippen LogP contribution >= 0.6 is 0 Å². The highest BCUT2D eigenvalue weighted by Gasteiger charge is 2.41. The highest BCUT2D eigenvalue weighted by atomic mass is 15.2. The van der Waals surface area contributed by atoms with Gasteiger partial charge in [-0.3, -0.25) is 0 Å². The van der Waals surface area contributed by atoms with Gasteiger partial charge in [0.15, 0.2) is 0 Å². The third kappa shape index (κ3) is 2.19. The maximum atomic E-state index is 4.57. The Morgan fingerprint density at radius 3 is 2.95 bits per heavy atom. The third-order valence-electron chi connectivity index (χ3n) is 5.83. The average Bonchev–Trinajstić information content (AvgIpc) is 2.96. The fourth-order valence-electron chi connectivity index (χ4n) is 4.26. The van der Waals surface area contributed by atoms with Crippen molar-refractivity contribution in [3.63, 3.8) is 0 Å². The lowest BCUT2D eigenvalue weighted by Gasteiger charge is -2.51. The van der Waals surface area contributed by atoms with Crippen LogP contribution in [0.4, 0.5) is 5.82 Å². The summed E-state index contributed by atoms with van der Waals surface area (Å²) in [7, 11) is 2.27. The lowest BCUT2D eigenvalue weighted by molar-refractivity contribution is 0.0203. The largest absolute Gasteiger partial charge is 0.356 e. The van der Waals surface area contributed by atoms with Crippen molar-refractivity contribution in [3.05, 3.63) is 18.6 Å². The summed E-state index contributed by atoms with van der Waals surface area (Å²) in [6.07, 6.45) is 6.21. The Balaban J connectivity index is 1.59. The van der Waals surface area contributed by atoms with Crippen molar-refractivity contribution in [1.29, 1.82) is 0 Å². The molecule has 2 aliphatic rings. The maximum Gasteiger partial charge on any atom is 0.142 e. The van der Waals surface area contributed by atoms with Crippen molar-refractivity contribution in [2.45, 2.75) is 32.2 Å². The lowest BCUT2D eigenvalue weighted by atomic mass is 9.73. The summed E-state index contributed by atoms with van der Waals surface area (Å²) in [6, 6.07) is 2.09. The Kier molecular flexibility index (Phi) is 3.15. The fourth-order valence-corrected chi connectivity index (χ4v) is 4.26. The highest BCUT2D eigenvalue weighted by Crippen LogP contribution is 2.39. The summed E-state index contributed by atoms with van der Waals surface area (Å²) >= 11 is 0. The predicted molar refractivity (Wildman–Crippen MR) is 89.0 cm³/mol. The standard InChI is InChI=1S/C17H25N5/c1-17(2)8-12-5-7-22(10-13(12)9-21(17)3)16-14-4-6-18-15(14)19-11-20-16/h4,6,11-13H,5,7-10H2,1-3H3,(H,18,19,20). The van der Waals surface area contributed by atoms with Gasteiger partial charge in [0.05, 0.1) is 5.39 Å². The minimum atomic E-state index is 0.339. The number of piperidine rings is 2. The van der Waals surface area contributed by atoms with Crippen LogP contribution in [0.2, 0.25) is 0 Å². The van der Waals surface area contributed by atoms with Gasteiger partial charge in [-0.15, -0.1) is 0 Å². The Hall–Kier alpha value is -1.62. The molecule has 0 amide bonds. The minimum absolute atomic E-state index is 0.339. The van der Waals surface area contributed by atoms with E-state index in [4.69, 9.17) is 0 Å². The number of hydrogen-bond acceptors (Lipinski definition) is 4. The van der Waals surface area contributed by atoms with E-state index in [0.29, 0.717) is 5.54 Å². The summed E-state index contributed by atoms with van der Waals surface area (Å²) in [6.45, 7) is 8.17. The van der Waals surface area contributed by atoms with Gasteiger partial charge < -0.3 is 14.8 Å². The number of H-pyrrole nitrogens is 1. The number of hydrogen-bond donors (Lipinski definition) is 1. The van der Waals surface area contributed by atoms with Crippen LogP contribution in [0.3, 0.4) is 0 Å². The lowest BCUT2D eigenvalue weighted by Crippen LogP contribution is -2.56. The zero-order valence-electron chi connectivity index (χ0n) is 13.7. The molecule has 1 N–H and O–H groups in total. The zero-order valence-corrected chi connectivity index (χ0v) is 13.7. The number of likely N-dealkylation sites (tertiary alicyclic amines) is 1. The second-order valence-electron chi connectivity index (χ2n) is 7.59. The SMILES string of the molecule is CN1CC2CN(c3ncnc4[nH]ccc34)CCC2CC1(C)C. The Labute approximate surface area is 131 Å². The van der Waals surface area contributed by atoms with Crippen LogP contribution in [0.1, 0.15) is 26.7 Å². The molecule has 0 bridgehead atoms. The smallest absolute Gasteiger partial charge is 0.142 e. The Morgan fingerprint density at radius 1 is 1.23 bits per heavy atom. The topological polar surface area (TPSA) is 48.1 Å². The van der Waals surface area contributed by atoms with Crippen LogP contribution < -0.4 is 4.90 Å². The molecule has 2 aliphatic heterocycles. The van der Waals surface area contributed by atoms with Gasteiger partial charge in [0.25, 0.3) is 0 Å². The summed E-state index contributed by atoms with van der Waals surface area (Å²) in [5, 5.41) is 1.14.